The Kier molecular flexibility index (Phi) is 9.43. The highest BCUT2D eigenvalue weighted by Crippen LogP contribution is 2.38. The van der Waals surface area contributed by atoms with Crippen LogP contribution in [0.3, 0.4) is 0 Å². The zero-order valence-corrected chi connectivity index (χ0v) is 22.4. The molecule has 1 fully saturated rings. The number of ether oxygens (including phenoxy) is 2. The number of thioether (sulfide) groups is 1. The van der Waals surface area contributed by atoms with Gasteiger partial charge in [0.25, 0.3) is 11.1 Å². The Labute approximate surface area is 217 Å². The van der Waals surface area contributed by atoms with Gasteiger partial charge in [-0.15, -0.1) is 0 Å². The van der Waals surface area contributed by atoms with Crippen LogP contribution in [0.4, 0.5) is 4.79 Å². The third-order valence-corrected chi connectivity index (χ3v) is 6.87. The lowest BCUT2D eigenvalue weighted by atomic mass is 10.2. The van der Waals surface area contributed by atoms with Crippen molar-refractivity contribution < 1.29 is 23.9 Å². The molecule has 10 heteroatoms. The van der Waals surface area contributed by atoms with E-state index in [2.05, 4.69) is 31.9 Å². The second-order valence-electron chi connectivity index (χ2n) is 7.07. The van der Waals surface area contributed by atoms with Crippen LogP contribution in [-0.2, 0) is 20.9 Å². The number of hydrogen-bond donors (Lipinski definition) is 0. The molecule has 3 rings (SSSR count). The van der Waals surface area contributed by atoms with Crippen molar-refractivity contribution >= 4 is 78.4 Å². The summed E-state index contributed by atoms with van der Waals surface area (Å²) in [5, 5.41) is 0.156. The van der Waals surface area contributed by atoms with Crippen LogP contribution in [0, 0.1) is 0 Å². The number of rotatable bonds is 9. The molecule has 0 unspecified atom stereocenters. The van der Waals surface area contributed by atoms with E-state index in [1.807, 2.05) is 19.1 Å². The average Bonchev–Trinajstić information content (AvgIpc) is 3.02. The van der Waals surface area contributed by atoms with Gasteiger partial charge in [-0.1, -0.05) is 37.1 Å². The van der Waals surface area contributed by atoms with E-state index >= 15 is 0 Å². The number of hydrogen-bond acceptors (Lipinski definition) is 6. The zero-order chi connectivity index (χ0) is 24.0. The number of esters is 1. The number of unbranched alkanes of at least 4 members (excludes halogenated alkanes) is 1. The molecule has 0 atom stereocenters. The molecule has 1 aliphatic heterocycles. The van der Waals surface area contributed by atoms with E-state index < -0.39 is 23.7 Å². The number of benzene rings is 2. The van der Waals surface area contributed by atoms with Gasteiger partial charge in [0.2, 0.25) is 0 Å². The maximum atomic E-state index is 12.7. The van der Waals surface area contributed by atoms with E-state index in [4.69, 9.17) is 21.1 Å². The van der Waals surface area contributed by atoms with E-state index in [1.54, 1.807) is 30.3 Å². The van der Waals surface area contributed by atoms with Crippen molar-refractivity contribution in [2.24, 2.45) is 0 Å². The summed E-state index contributed by atoms with van der Waals surface area (Å²) in [5.74, 6) is -0.516. The van der Waals surface area contributed by atoms with Crippen molar-refractivity contribution in [1.82, 2.24) is 4.90 Å². The molecule has 0 aromatic heterocycles. The first-order valence-electron chi connectivity index (χ1n) is 10.1. The summed E-state index contributed by atoms with van der Waals surface area (Å²) in [4.78, 5) is 37.9. The lowest BCUT2D eigenvalue weighted by Crippen LogP contribution is -2.34. The van der Waals surface area contributed by atoms with Gasteiger partial charge >= 0.3 is 5.97 Å². The Bertz CT molecular complexity index is 1070. The molecule has 2 aromatic rings. The fourth-order valence-corrected chi connectivity index (χ4v) is 5.24. The molecule has 1 aliphatic rings. The minimum atomic E-state index is -0.598. The van der Waals surface area contributed by atoms with Gasteiger partial charge in [-0.2, -0.15) is 0 Å². The first kappa shape index (κ1) is 25.8. The number of halogens is 3. The number of amides is 2. The Hall–Kier alpha value is -1.81. The van der Waals surface area contributed by atoms with Crippen molar-refractivity contribution in [3.8, 4) is 5.75 Å². The van der Waals surface area contributed by atoms with E-state index in [-0.39, 0.29) is 11.5 Å². The van der Waals surface area contributed by atoms with Crippen LogP contribution in [0.25, 0.3) is 6.08 Å². The molecule has 2 amide bonds. The largest absolute Gasteiger partial charge is 0.487 e. The number of nitrogens with zero attached hydrogens (tertiary/aromatic N) is 1. The summed E-state index contributed by atoms with van der Waals surface area (Å²) in [6.07, 6.45) is 3.22. The van der Waals surface area contributed by atoms with Gasteiger partial charge in [-0.05, 0) is 91.5 Å². The van der Waals surface area contributed by atoms with Gasteiger partial charge in [0.05, 0.1) is 20.5 Å². The maximum absolute atomic E-state index is 12.7. The molecular formula is C23H20Br2ClNO5S. The quantitative estimate of drug-likeness (QED) is 0.175. The van der Waals surface area contributed by atoms with E-state index in [0.717, 1.165) is 35.1 Å². The van der Waals surface area contributed by atoms with Crippen molar-refractivity contribution in [3.05, 3.63) is 66.4 Å². The van der Waals surface area contributed by atoms with Gasteiger partial charge < -0.3 is 9.47 Å². The van der Waals surface area contributed by atoms with E-state index in [0.29, 0.717) is 31.9 Å². The van der Waals surface area contributed by atoms with Gasteiger partial charge in [0.15, 0.2) is 0 Å². The van der Waals surface area contributed by atoms with Crippen LogP contribution in [0.2, 0.25) is 5.02 Å². The van der Waals surface area contributed by atoms with Crippen molar-refractivity contribution in [3.63, 3.8) is 0 Å². The summed E-state index contributed by atoms with van der Waals surface area (Å²) >= 11 is 13.7. The van der Waals surface area contributed by atoms with Crippen LogP contribution >= 0.6 is 55.2 Å². The fourth-order valence-electron chi connectivity index (χ4n) is 2.83. The molecule has 0 aliphatic carbocycles. The highest BCUT2D eigenvalue weighted by atomic mass is 79.9. The van der Waals surface area contributed by atoms with E-state index in [1.165, 1.54) is 0 Å². The number of carbonyl (C=O) groups is 3. The number of carbonyl (C=O) groups excluding carboxylic acids is 3. The standard InChI is InChI=1S/C23H20Br2ClNO5S/c1-2-3-8-31-20(28)12-27-22(29)19(33-23(27)30)11-15-9-17(24)21(18(25)10-15)32-13-14-4-6-16(26)7-5-14/h4-7,9-11H,2-3,8,12-13H2,1H3/b19-11+. The average molecular weight is 618 g/mol. The topological polar surface area (TPSA) is 72.9 Å². The normalized spacial score (nSPS) is 14.8. The predicted octanol–water partition coefficient (Wildman–Crippen LogP) is 6.82. The van der Waals surface area contributed by atoms with Gasteiger partial charge in [-0.25, -0.2) is 0 Å². The molecule has 0 saturated carbocycles. The molecule has 1 heterocycles. The second-order valence-corrected chi connectivity index (χ2v) is 10.2. The zero-order valence-electron chi connectivity index (χ0n) is 17.6. The molecule has 0 spiro atoms. The lowest BCUT2D eigenvalue weighted by molar-refractivity contribution is -0.146. The third-order valence-electron chi connectivity index (χ3n) is 4.54. The first-order chi connectivity index (χ1) is 15.8. The minimum Gasteiger partial charge on any atom is -0.487 e. The van der Waals surface area contributed by atoms with Gasteiger partial charge in [-0.3, -0.25) is 19.3 Å². The maximum Gasteiger partial charge on any atom is 0.326 e. The third kappa shape index (κ3) is 7.09. The Morgan fingerprint density at radius 3 is 2.45 bits per heavy atom. The SMILES string of the molecule is CCCCOC(=O)CN1C(=O)S/C(=C/c2cc(Br)c(OCc3ccc(Cl)cc3)c(Br)c2)C1=O. The van der Waals surface area contributed by atoms with Gasteiger partial charge in [0.1, 0.15) is 18.9 Å². The van der Waals surface area contributed by atoms with Crippen LogP contribution in [0.5, 0.6) is 5.75 Å². The summed E-state index contributed by atoms with van der Waals surface area (Å²) in [5.41, 5.74) is 1.65. The van der Waals surface area contributed by atoms with Crippen molar-refractivity contribution in [1.29, 1.82) is 0 Å². The van der Waals surface area contributed by atoms with Crippen molar-refractivity contribution in [2.75, 3.05) is 13.2 Å². The fraction of sp³-hybridized carbons (Fsp3) is 0.261. The second kappa shape index (κ2) is 12.1. The molecule has 1 saturated heterocycles. The monoisotopic (exact) mass is 615 g/mol. The van der Waals surface area contributed by atoms with Crippen LogP contribution in [0.15, 0.2) is 50.2 Å². The molecule has 33 heavy (non-hydrogen) atoms. The molecule has 0 radical (unpaired) electrons. The smallest absolute Gasteiger partial charge is 0.326 e. The highest BCUT2D eigenvalue weighted by molar-refractivity contribution is 9.11. The summed E-state index contributed by atoms with van der Waals surface area (Å²) in [6.45, 7) is 2.21. The molecule has 0 N–H and O–H groups in total. The molecule has 0 bridgehead atoms. The van der Waals surface area contributed by atoms with Gasteiger partial charge in [0, 0.05) is 5.02 Å². The highest BCUT2D eigenvalue weighted by Gasteiger charge is 2.36. The minimum absolute atomic E-state index is 0.231. The summed E-state index contributed by atoms with van der Waals surface area (Å²) in [6, 6.07) is 10.9. The Morgan fingerprint density at radius 1 is 1.15 bits per heavy atom. The Balaban J connectivity index is 1.68. The lowest BCUT2D eigenvalue weighted by Gasteiger charge is -2.12. The molecule has 2 aromatic carbocycles. The molecule has 174 valence electrons. The molecule has 6 nitrogen and oxygen atoms in total. The predicted molar refractivity (Wildman–Crippen MR) is 136 cm³/mol. The summed E-state index contributed by atoms with van der Waals surface area (Å²) in [7, 11) is 0. The number of imide groups is 1. The Morgan fingerprint density at radius 2 is 1.82 bits per heavy atom. The van der Waals surface area contributed by atoms with Crippen LogP contribution < -0.4 is 4.74 Å². The van der Waals surface area contributed by atoms with E-state index in [9.17, 15) is 14.4 Å². The van der Waals surface area contributed by atoms with Crippen LogP contribution in [-0.4, -0.2) is 35.2 Å². The van der Waals surface area contributed by atoms with Crippen molar-refractivity contribution in [2.45, 2.75) is 26.4 Å². The first-order valence-corrected chi connectivity index (χ1v) is 12.8. The van der Waals surface area contributed by atoms with Crippen LogP contribution in [0.1, 0.15) is 30.9 Å². The summed E-state index contributed by atoms with van der Waals surface area (Å²) < 4.78 is 12.3. The molecular weight excluding hydrogens is 598 g/mol.